The number of benzene rings is 2. The van der Waals surface area contributed by atoms with Crippen LogP contribution in [0, 0.1) is 6.92 Å². The van der Waals surface area contributed by atoms with E-state index < -0.39 is 5.97 Å². The fourth-order valence-electron chi connectivity index (χ4n) is 2.32. The summed E-state index contributed by atoms with van der Waals surface area (Å²) >= 11 is 5.94. The molecular weight excluding hydrogens is 370 g/mol. The number of rotatable bonds is 8. The lowest BCUT2D eigenvalue weighted by Gasteiger charge is -2.18. The molecule has 0 saturated carbocycles. The van der Waals surface area contributed by atoms with Crippen molar-refractivity contribution in [1.82, 2.24) is 4.90 Å². The average molecular weight is 392 g/mol. The molecule has 0 N–H and O–H groups in total. The molecule has 0 aliphatic heterocycles. The molecule has 6 nitrogen and oxygen atoms in total. The van der Waals surface area contributed by atoms with Crippen molar-refractivity contribution < 1.29 is 23.8 Å². The van der Waals surface area contributed by atoms with E-state index in [9.17, 15) is 9.59 Å². The standard InChI is InChI=1S/C20H22ClNO5/c1-14-10-16(8-9-17(14)21)26-13-20(24)27-12-19(23)22(2)11-15-6-4-5-7-18(15)25-3/h4-10H,11-13H2,1-3H3. The van der Waals surface area contributed by atoms with Gasteiger partial charge in [0.05, 0.1) is 7.11 Å². The Bertz CT molecular complexity index is 809. The monoisotopic (exact) mass is 391 g/mol. The minimum Gasteiger partial charge on any atom is -0.496 e. The number of para-hydroxylation sites is 1. The summed E-state index contributed by atoms with van der Waals surface area (Å²) in [5.74, 6) is 0.257. The van der Waals surface area contributed by atoms with Gasteiger partial charge in [0.1, 0.15) is 11.5 Å². The van der Waals surface area contributed by atoms with Gasteiger partial charge in [0.15, 0.2) is 13.2 Å². The number of hydrogen-bond acceptors (Lipinski definition) is 5. The van der Waals surface area contributed by atoms with Crippen LogP contribution in [0.3, 0.4) is 0 Å². The SMILES string of the molecule is COc1ccccc1CN(C)C(=O)COC(=O)COc1ccc(Cl)c(C)c1. The first-order valence-corrected chi connectivity index (χ1v) is 8.69. The van der Waals surface area contributed by atoms with Gasteiger partial charge < -0.3 is 19.1 Å². The summed E-state index contributed by atoms with van der Waals surface area (Å²) in [5, 5.41) is 0.619. The molecule has 27 heavy (non-hydrogen) atoms. The molecule has 7 heteroatoms. The van der Waals surface area contributed by atoms with E-state index in [0.29, 0.717) is 23.1 Å². The summed E-state index contributed by atoms with van der Waals surface area (Å²) < 4.78 is 15.6. The maximum Gasteiger partial charge on any atom is 0.344 e. The molecule has 0 aromatic heterocycles. The number of hydrogen-bond donors (Lipinski definition) is 0. The van der Waals surface area contributed by atoms with Crippen LogP contribution in [0.25, 0.3) is 0 Å². The molecule has 2 rings (SSSR count). The fraction of sp³-hybridized carbons (Fsp3) is 0.300. The molecule has 2 aromatic rings. The van der Waals surface area contributed by atoms with Gasteiger partial charge >= 0.3 is 5.97 Å². The zero-order chi connectivity index (χ0) is 19.8. The lowest BCUT2D eigenvalue weighted by Crippen LogP contribution is -2.31. The summed E-state index contributed by atoms with van der Waals surface area (Å²) in [5.41, 5.74) is 1.71. The topological polar surface area (TPSA) is 65.1 Å². The molecule has 0 heterocycles. The van der Waals surface area contributed by atoms with Gasteiger partial charge in [-0.15, -0.1) is 0 Å². The largest absolute Gasteiger partial charge is 0.496 e. The first kappa shape index (κ1) is 20.6. The van der Waals surface area contributed by atoms with Gasteiger partial charge in [0.2, 0.25) is 0 Å². The van der Waals surface area contributed by atoms with Crippen molar-refractivity contribution in [2.45, 2.75) is 13.5 Å². The van der Waals surface area contributed by atoms with E-state index in [1.807, 2.05) is 31.2 Å². The summed E-state index contributed by atoms with van der Waals surface area (Å²) in [4.78, 5) is 25.4. The molecule has 0 bridgehead atoms. The molecule has 0 spiro atoms. The third kappa shape index (κ3) is 6.18. The first-order valence-electron chi connectivity index (χ1n) is 8.31. The van der Waals surface area contributed by atoms with Crippen LogP contribution >= 0.6 is 11.6 Å². The predicted octanol–water partition coefficient (Wildman–Crippen LogP) is 3.24. The highest BCUT2D eigenvalue weighted by Gasteiger charge is 2.14. The smallest absolute Gasteiger partial charge is 0.344 e. The maximum absolute atomic E-state index is 12.2. The molecule has 0 radical (unpaired) electrons. The molecule has 0 aliphatic rings. The first-order chi connectivity index (χ1) is 12.9. The van der Waals surface area contributed by atoms with E-state index in [1.165, 1.54) is 4.90 Å². The number of ether oxygens (including phenoxy) is 3. The van der Waals surface area contributed by atoms with Gasteiger partial charge in [-0.25, -0.2) is 4.79 Å². The molecule has 144 valence electrons. The summed E-state index contributed by atoms with van der Waals surface area (Å²) in [7, 11) is 3.21. The van der Waals surface area contributed by atoms with Gasteiger partial charge in [0, 0.05) is 24.2 Å². The zero-order valence-corrected chi connectivity index (χ0v) is 16.3. The molecule has 0 atom stereocenters. The zero-order valence-electron chi connectivity index (χ0n) is 15.5. The van der Waals surface area contributed by atoms with Crippen LogP contribution < -0.4 is 9.47 Å². The van der Waals surface area contributed by atoms with E-state index in [1.54, 1.807) is 32.4 Å². The van der Waals surface area contributed by atoms with E-state index in [4.69, 9.17) is 25.8 Å². The number of halogens is 1. The Kier molecular flexibility index (Phi) is 7.49. The Balaban J connectivity index is 1.78. The Labute approximate surface area is 163 Å². The van der Waals surface area contributed by atoms with Crippen LogP contribution in [0.1, 0.15) is 11.1 Å². The third-order valence-electron chi connectivity index (χ3n) is 3.87. The highest BCUT2D eigenvalue weighted by molar-refractivity contribution is 6.31. The minimum atomic E-state index is -0.623. The Morgan fingerprint density at radius 2 is 1.85 bits per heavy atom. The summed E-state index contributed by atoms with van der Waals surface area (Å²) in [6.45, 7) is 1.54. The molecule has 0 fully saturated rings. The van der Waals surface area contributed by atoms with Crippen LogP contribution in [-0.2, 0) is 20.9 Å². The van der Waals surface area contributed by atoms with Crippen molar-refractivity contribution in [2.75, 3.05) is 27.4 Å². The van der Waals surface area contributed by atoms with Crippen molar-refractivity contribution in [2.24, 2.45) is 0 Å². The van der Waals surface area contributed by atoms with Gasteiger partial charge in [0.25, 0.3) is 5.91 Å². The second-order valence-electron chi connectivity index (χ2n) is 5.92. The Morgan fingerprint density at radius 1 is 1.11 bits per heavy atom. The third-order valence-corrected chi connectivity index (χ3v) is 4.29. The number of methoxy groups -OCH3 is 1. The second kappa shape index (κ2) is 9.83. The van der Waals surface area contributed by atoms with Gasteiger partial charge in [-0.2, -0.15) is 0 Å². The number of amides is 1. The highest BCUT2D eigenvalue weighted by Crippen LogP contribution is 2.21. The molecule has 0 aliphatic carbocycles. The number of esters is 1. The van der Waals surface area contributed by atoms with Gasteiger partial charge in [-0.3, -0.25) is 4.79 Å². The van der Waals surface area contributed by atoms with Crippen LogP contribution in [-0.4, -0.2) is 44.1 Å². The highest BCUT2D eigenvalue weighted by atomic mass is 35.5. The molecule has 2 aromatic carbocycles. The maximum atomic E-state index is 12.2. The van der Waals surface area contributed by atoms with Gasteiger partial charge in [-0.05, 0) is 36.8 Å². The molecular formula is C20H22ClNO5. The minimum absolute atomic E-state index is 0.287. The van der Waals surface area contributed by atoms with E-state index >= 15 is 0 Å². The average Bonchev–Trinajstić information content (AvgIpc) is 2.67. The summed E-state index contributed by atoms with van der Waals surface area (Å²) in [6, 6.07) is 12.5. The van der Waals surface area contributed by atoms with Crippen LogP contribution in [0.15, 0.2) is 42.5 Å². The van der Waals surface area contributed by atoms with Crippen LogP contribution in [0.5, 0.6) is 11.5 Å². The molecule has 0 saturated heterocycles. The van der Waals surface area contributed by atoms with Crippen LogP contribution in [0.4, 0.5) is 0 Å². The normalized spacial score (nSPS) is 10.2. The van der Waals surface area contributed by atoms with Crippen molar-refractivity contribution in [3.63, 3.8) is 0 Å². The number of carbonyl (C=O) groups is 2. The fourth-order valence-corrected chi connectivity index (χ4v) is 2.44. The number of carbonyl (C=O) groups excluding carboxylic acids is 2. The Hall–Kier alpha value is -2.73. The van der Waals surface area contributed by atoms with E-state index in [-0.39, 0.29) is 19.1 Å². The number of aryl methyl sites for hydroxylation is 1. The van der Waals surface area contributed by atoms with Crippen molar-refractivity contribution in [1.29, 1.82) is 0 Å². The van der Waals surface area contributed by atoms with E-state index in [2.05, 4.69) is 0 Å². The number of nitrogens with zero attached hydrogens (tertiary/aromatic N) is 1. The van der Waals surface area contributed by atoms with Crippen LogP contribution in [0.2, 0.25) is 5.02 Å². The second-order valence-corrected chi connectivity index (χ2v) is 6.33. The van der Waals surface area contributed by atoms with Crippen molar-refractivity contribution >= 4 is 23.5 Å². The molecule has 1 amide bonds. The van der Waals surface area contributed by atoms with E-state index in [0.717, 1.165) is 11.1 Å². The summed E-state index contributed by atoms with van der Waals surface area (Å²) in [6.07, 6.45) is 0. The number of likely N-dealkylation sites (N-methyl/N-ethyl adjacent to an activating group) is 1. The Morgan fingerprint density at radius 3 is 2.56 bits per heavy atom. The predicted molar refractivity (Wildman–Crippen MR) is 102 cm³/mol. The van der Waals surface area contributed by atoms with Crippen molar-refractivity contribution in [3.05, 3.63) is 58.6 Å². The lowest BCUT2D eigenvalue weighted by atomic mass is 10.2. The lowest BCUT2D eigenvalue weighted by molar-refractivity contribution is -0.153. The van der Waals surface area contributed by atoms with Crippen molar-refractivity contribution in [3.8, 4) is 11.5 Å². The van der Waals surface area contributed by atoms with Gasteiger partial charge in [-0.1, -0.05) is 29.8 Å². The quantitative estimate of drug-likeness (QED) is 0.646. The molecule has 0 unspecified atom stereocenters.